The molecule has 1 atom stereocenters. The van der Waals surface area contributed by atoms with Crippen molar-refractivity contribution in [1.29, 1.82) is 0 Å². The molecule has 0 bridgehead atoms. The van der Waals surface area contributed by atoms with E-state index in [1.165, 1.54) is 5.56 Å². The third-order valence-corrected chi connectivity index (χ3v) is 2.58. The summed E-state index contributed by atoms with van der Waals surface area (Å²) in [7, 11) is 1.64. The Balaban J connectivity index is 0.00000196. The maximum absolute atomic E-state index is 11.3. The second kappa shape index (κ2) is 4.80. The maximum atomic E-state index is 11.3. The molecule has 1 N–H and O–H groups in total. The molecule has 0 spiro atoms. The Bertz CT molecular complexity index is 308. The van der Waals surface area contributed by atoms with Gasteiger partial charge in [0.1, 0.15) is 0 Å². The molecule has 0 aliphatic rings. The van der Waals surface area contributed by atoms with Crippen LogP contribution in [0.25, 0.3) is 0 Å². The average molecular weight is 193 g/mol. The maximum Gasteiger partial charge on any atom is 0.251 e. The third-order valence-electron chi connectivity index (χ3n) is 2.58. The van der Waals surface area contributed by atoms with Crippen molar-refractivity contribution in [2.75, 3.05) is 7.05 Å². The van der Waals surface area contributed by atoms with Crippen molar-refractivity contribution in [2.24, 2.45) is 0 Å². The predicted octanol–water partition coefficient (Wildman–Crippen LogP) is 2.81. The highest BCUT2D eigenvalue weighted by atomic mass is 16.1. The van der Waals surface area contributed by atoms with Gasteiger partial charge in [0.25, 0.3) is 5.91 Å². The summed E-state index contributed by atoms with van der Waals surface area (Å²) in [6.07, 6.45) is 1.12. The lowest BCUT2D eigenvalue weighted by Gasteiger charge is -2.09. The summed E-state index contributed by atoms with van der Waals surface area (Å²) in [6, 6.07) is 7.80. The van der Waals surface area contributed by atoms with Crippen LogP contribution in [0.1, 0.15) is 43.5 Å². The summed E-state index contributed by atoms with van der Waals surface area (Å²) >= 11 is 0. The highest BCUT2D eigenvalue weighted by molar-refractivity contribution is 5.93. The lowest BCUT2D eigenvalue weighted by atomic mass is 9.97. The van der Waals surface area contributed by atoms with E-state index < -0.39 is 0 Å². The zero-order valence-corrected chi connectivity index (χ0v) is 9.00. The molecule has 0 saturated carbocycles. The second-order valence-electron chi connectivity index (χ2n) is 3.51. The van der Waals surface area contributed by atoms with E-state index >= 15 is 0 Å². The van der Waals surface area contributed by atoms with Gasteiger partial charge in [-0.2, -0.15) is 0 Å². The van der Waals surface area contributed by atoms with Crippen LogP contribution < -0.4 is 5.32 Å². The Kier molecular flexibility index (Phi) is 3.69. The zero-order chi connectivity index (χ0) is 10.6. The van der Waals surface area contributed by atoms with E-state index in [-0.39, 0.29) is 7.33 Å². The van der Waals surface area contributed by atoms with E-state index in [9.17, 15) is 4.79 Å². The fraction of sp³-hybridized carbons (Fsp3) is 0.417. The number of hydrogen-bond donors (Lipinski definition) is 1. The third kappa shape index (κ3) is 2.34. The zero-order valence-electron chi connectivity index (χ0n) is 9.00. The van der Waals surface area contributed by atoms with Gasteiger partial charge in [-0.05, 0) is 30.0 Å². The molecule has 2 nitrogen and oxygen atoms in total. The SMILES string of the molecule is CCC(C)c1ccc(C(=O)NC)cc1.[HH]. The van der Waals surface area contributed by atoms with Crippen LogP contribution in [0.2, 0.25) is 0 Å². The van der Waals surface area contributed by atoms with E-state index in [0.29, 0.717) is 5.92 Å². The van der Waals surface area contributed by atoms with Gasteiger partial charge in [-0.25, -0.2) is 0 Å². The fourth-order valence-corrected chi connectivity index (χ4v) is 1.34. The number of hydrogen-bond acceptors (Lipinski definition) is 1. The van der Waals surface area contributed by atoms with Crippen LogP contribution in [0, 0.1) is 0 Å². The average Bonchev–Trinajstić information content (AvgIpc) is 2.27. The Labute approximate surface area is 86.8 Å². The van der Waals surface area contributed by atoms with Gasteiger partial charge in [-0.3, -0.25) is 4.79 Å². The van der Waals surface area contributed by atoms with E-state index in [2.05, 4.69) is 19.2 Å². The summed E-state index contributed by atoms with van der Waals surface area (Å²) in [6.45, 7) is 4.35. The van der Waals surface area contributed by atoms with E-state index in [1.807, 2.05) is 24.3 Å². The monoisotopic (exact) mass is 193 g/mol. The van der Waals surface area contributed by atoms with Crippen LogP contribution in [0.3, 0.4) is 0 Å². The van der Waals surface area contributed by atoms with E-state index in [1.54, 1.807) is 7.05 Å². The van der Waals surface area contributed by atoms with E-state index in [4.69, 9.17) is 0 Å². The number of nitrogens with one attached hydrogen (secondary N) is 1. The van der Waals surface area contributed by atoms with Crippen molar-refractivity contribution in [2.45, 2.75) is 26.2 Å². The topological polar surface area (TPSA) is 29.1 Å². The van der Waals surface area contributed by atoms with Crippen LogP contribution in [0.5, 0.6) is 0 Å². The summed E-state index contributed by atoms with van der Waals surface area (Å²) in [5.41, 5.74) is 2.01. The van der Waals surface area contributed by atoms with Crippen molar-refractivity contribution >= 4 is 5.91 Å². The number of amides is 1. The lowest BCUT2D eigenvalue weighted by molar-refractivity contribution is 0.0963. The predicted molar refractivity (Wildman–Crippen MR) is 60.7 cm³/mol. The summed E-state index contributed by atoms with van der Waals surface area (Å²) in [5.74, 6) is 0.537. The number of benzene rings is 1. The second-order valence-corrected chi connectivity index (χ2v) is 3.51. The van der Waals surface area contributed by atoms with Crippen molar-refractivity contribution in [3.05, 3.63) is 35.4 Å². The first kappa shape index (κ1) is 10.8. The van der Waals surface area contributed by atoms with Gasteiger partial charge in [0.2, 0.25) is 0 Å². The highest BCUT2D eigenvalue weighted by Gasteiger charge is 2.05. The van der Waals surface area contributed by atoms with E-state index in [0.717, 1.165) is 12.0 Å². The normalized spacial score (nSPS) is 12.2. The van der Waals surface area contributed by atoms with Gasteiger partial charge in [0.15, 0.2) is 0 Å². The van der Waals surface area contributed by atoms with Crippen LogP contribution in [0.15, 0.2) is 24.3 Å². The molecule has 0 fully saturated rings. The minimum absolute atomic E-state index is 0. The Hall–Kier alpha value is -1.31. The lowest BCUT2D eigenvalue weighted by Crippen LogP contribution is -2.17. The molecule has 1 unspecified atom stereocenters. The quantitative estimate of drug-likeness (QED) is 0.785. The van der Waals surface area contributed by atoms with Gasteiger partial charge < -0.3 is 5.32 Å². The first-order chi connectivity index (χ1) is 6.69. The molecule has 1 aromatic carbocycles. The van der Waals surface area contributed by atoms with Crippen LogP contribution in [-0.2, 0) is 0 Å². The van der Waals surface area contributed by atoms with Crippen molar-refractivity contribution in [3.8, 4) is 0 Å². The smallest absolute Gasteiger partial charge is 0.251 e. The Morgan fingerprint density at radius 2 is 2.00 bits per heavy atom. The summed E-state index contributed by atoms with van der Waals surface area (Å²) in [4.78, 5) is 11.3. The van der Waals surface area contributed by atoms with Crippen LogP contribution in [0.4, 0.5) is 0 Å². The highest BCUT2D eigenvalue weighted by Crippen LogP contribution is 2.18. The molecule has 1 amide bonds. The van der Waals surface area contributed by atoms with Crippen molar-refractivity contribution in [1.82, 2.24) is 5.32 Å². The molecule has 14 heavy (non-hydrogen) atoms. The molecule has 0 heterocycles. The summed E-state index contributed by atoms with van der Waals surface area (Å²) < 4.78 is 0. The van der Waals surface area contributed by atoms with Crippen LogP contribution in [-0.4, -0.2) is 13.0 Å². The first-order valence-electron chi connectivity index (χ1n) is 5.01. The molecule has 0 radical (unpaired) electrons. The Morgan fingerprint density at radius 3 is 2.43 bits per heavy atom. The van der Waals surface area contributed by atoms with Gasteiger partial charge in [0, 0.05) is 14.0 Å². The molecule has 78 valence electrons. The van der Waals surface area contributed by atoms with Crippen LogP contribution >= 0.6 is 0 Å². The molecule has 0 aliphatic heterocycles. The number of carbonyl (C=O) groups is 1. The molecular formula is C12H19NO. The van der Waals surface area contributed by atoms with Crippen molar-refractivity contribution < 1.29 is 6.22 Å². The van der Waals surface area contributed by atoms with Gasteiger partial charge in [-0.1, -0.05) is 26.0 Å². The molecule has 2 heteroatoms. The first-order valence-corrected chi connectivity index (χ1v) is 5.01. The molecule has 0 aromatic heterocycles. The van der Waals surface area contributed by atoms with Gasteiger partial charge in [-0.15, -0.1) is 0 Å². The minimum atomic E-state index is -0.0271. The molecule has 1 aromatic rings. The minimum Gasteiger partial charge on any atom is -0.355 e. The number of rotatable bonds is 3. The standard InChI is InChI=1S/C12H17NO.H2/c1-4-9(2)10-5-7-11(8-6-10)12(14)13-3;/h5-9H,4H2,1-3H3,(H,13,14);1H. The molecule has 1 rings (SSSR count). The molecule has 0 saturated heterocycles. The molecular weight excluding hydrogens is 174 g/mol. The number of carbonyl (C=O) groups excluding carboxylic acids is 1. The van der Waals surface area contributed by atoms with Gasteiger partial charge in [0.05, 0.1) is 0 Å². The van der Waals surface area contributed by atoms with Crippen molar-refractivity contribution in [3.63, 3.8) is 0 Å². The summed E-state index contributed by atoms with van der Waals surface area (Å²) in [5, 5.41) is 2.60. The largest absolute Gasteiger partial charge is 0.355 e. The Morgan fingerprint density at radius 1 is 1.43 bits per heavy atom. The fourth-order valence-electron chi connectivity index (χ4n) is 1.34. The van der Waals surface area contributed by atoms with Gasteiger partial charge >= 0.3 is 0 Å². The molecule has 0 aliphatic carbocycles.